The molecule has 0 unspecified atom stereocenters. The van der Waals surface area contributed by atoms with Gasteiger partial charge in [0, 0.05) is 0 Å². The lowest BCUT2D eigenvalue weighted by molar-refractivity contribution is -0.122. The monoisotopic (exact) mass is 269 g/mol. The van der Waals surface area contributed by atoms with Gasteiger partial charge in [0.15, 0.2) is 0 Å². The van der Waals surface area contributed by atoms with E-state index in [9.17, 15) is 9.59 Å². The summed E-state index contributed by atoms with van der Waals surface area (Å²) in [7, 11) is 3.59. The van der Waals surface area contributed by atoms with E-state index in [-0.39, 0.29) is 24.1 Å². The molecule has 19 heavy (non-hydrogen) atoms. The Morgan fingerprint density at radius 3 is 2.63 bits per heavy atom. The molecule has 1 aromatic rings. The van der Waals surface area contributed by atoms with Crippen molar-refractivity contribution >= 4 is 11.8 Å². The Kier molecular flexibility index (Phi) is 5.08. The first-order valence-electron chi connectivity index (χ1n) is 5.84. The standard InChI is InChI=1S/C12H19N3O4/c1-7(13-11(16)6-15(3)4)10-5-9(8(2)19-10)12(17)14-18/h5,7,18H,6H2,1-4H3,(H,13,16)(H,14,17)/t7-/m0/s1. The Balaban J connectivity index is 2.75. The number of carbonyl (C=O) groups excluding carboxylic acids is 2. The molecule has 0 aromatic carbocycles. The molecule has 0 aliphatic carbocycles. The fourth-order valence-electron chi connectivity index (χ4n) is 1.65. The summed E-state index contributed by atoms with van der Waals surface area (Å²) >= 11 is 0. The van der Waals surface area contributed by atoms with E-state index in [0.29, 0.717) is 11.5 Å². The predicted octanol–water partition coefficient (Wildman–Crippen LogP) is 0.446. The van der Waals surface area contributed by atoms with Crippen molar-refractivity contribution in [1.29, 1.82) is 0 Å². The Hall–Kier alpha value is -1.86. The normalized spacial score (nSPS) is 12.3. The Labute approximate surface area is 111 Å². The van der Waals surface area contributed by atoms with Gasteiger partial charge in [-0.15, -0.1) is 0 Å². The SMILES string of the molecule is Cc1oc([C@H](C)NC(=O)CN(C)C)cc1C(=O)NO. The van der Waals surface area contributed by atoms with Gasteiger partial charge in [0.25, 0.3) is 5.91 Å². The average molecular weight is 269 g/mol. The summed E-state index contributed by atoms with van der Waals surface area (Å²) < 4.78 is 5.40. The molecule has 1 heterocycles. The van der Waals surface area contributed by atoms with E-state index in [1.165, 1.54) is 6.07 Å². The van der Waals surface area contributed by atoms with Crippen LogP contribution in [0.25, 0.3) is 0 Å². The molecule has 0 aliphatic heterocycles. The van der Waals surface area contributed by atoms with Gasteiger partial charge in [0.1, 0.15) is 11.5 Å². The molecule has 3 N–H and O–H groups in total. The number of hydroxylamine groups is 1. The molecule has 106 valence electrons. The number of amides is 2. The Morgan fingerprint density at radius 1 is 1.47 bits per heavy atom. The van der Waals surface area contributed by atoms with Crippen LogP contribution in [0.3, 0.4) is 0 Å². The first-order chi connectivity index (χ1) is 8.85. The van der Waals surface area contributed by atoms with Crippen molar-refractivity contribution in [1.82, 2.24) is 15.7 Å². The topological polar surface area (TPSA) is 94.8 Å². The number of hydrogen-bond acceptors (Lipinski definition) is 5. The summed E-state index contributed by atoms with van der Waals surface area (Å²) in [6.07, 6.45) is 0. The third-order valence-corrected chi connectivity index (χ3v) is 2.55. The molecule has 0 radical (unpaired) electrons. The van der Waals surface area contributed by atoms with E-state index < -0.39 is 5.91 Å². The van der Waals surface area contributed by atoms with E-state index in [4.69, 9.17) is 9.62 Å². The van der Waals surface area contributed by atoms with Crippen molar-refractivity contribution in [3.05, 3.63) is 23.2 Å². The van der Waals surface area contributed by atoms with E-state index in [0.717, 1.165) is 0 Å². The van der Waals surface area contributed by atoms with Crippen LogP contribution >= 0.6 is 0 Å². The van der Waals surface area contributed by atoms with Gasteiger partial charge in [-0.1, -0.05) is 0 Å². The summed E-state index contributed by atoms with van der Waals surface area (Å²) in [5.74, 6) is 0.0671. The van der Waals surface area contributed by atoms with Gasteiger partial charge < -0.3 is 14.6 Å². The molecular formula is C12H19N3O4. The van der Waals surface area contributed by atoms with E-state index in [1.54, 1.807) is 38.3 Å². The maximum atomic E-state index is 11.6. The van der Waals surface area contributed by atoms with E-state index >= 15 is 0 Å². The van der Waals surface area contributed by atoms with Gasteiger partial charge in [-0.05, 0) is 34.0 Å². The summed E-state index contributed by atoms with van der Waals surface area (Å²) in [6, 6.07) is 1.15. The van der Waals surface area contributed by atoms with Gasteiger partial charge in [-0.25, -0.2) is 5.48 Å². The van der Waals surface area contributed by atoms with Crippen molar-refractivity contribution in [2.24, 2.45) is 0 Å². The van der Waals surface area contributed by atoms with E-state index in [1.807, 2.05) is 0 Å². The maximum absolute atomic E-state index is 11.6. The van der Waals surface area contributed by atoms with Crippen LogP contribution in [0.1, 0.15) is 34.8 Å². The second-order valence-electron chi connectivity index (χ2n) is 4.59. The van der Waals surface area contributed by atoms with Crippen LogP contribution in [-0.4, -0.2) is 42.6 Å². The van der Waals surface area contributed by atoms with Crippen LogP contribution in [0.4, 0.5) is 0 Å². The zero-order valence-corrected chi connectivity index (χ0v) is 11.5. The quantitative estimate of drug-likeness (QED) is 0.533. The van der Waals surface area contributed by atoms with Crippen LogP contribution in [0, 0.1) is 6.92 Å². The number of rotatable bonds is 5. The molecule has 2 amide bonds. The molecule has 0 fully saturated rings. The van der Waals surface area contributed by atoms with Crippen molar-refractivity contribution in [3.8, 4) is 0 Å². The van der Waals surface area contributed by atoms with E-state index in [2.05, 4.69) is 5.32 Å². The van der Waals surface area contributed by atoms with Crippen molar-refractivity contribution in [3.63, 3.8) is 0 Å². The van der Waals surface area contributed by atoms with Crippen molar-refractivity contribution in [2.75, 3.05) is 20.6 Å². The van der Waals surface area contributed by atoms with Gasteiger partial charge >= 0.3 is 0 Å². The van der Waals surface area contributed by atoms with Gasteiger partial charge in [0.05, 0.1) is 18.2 Å². The number of carbonyl (C=O) groups is 2. The minimum Gasteiger partial charge on any atom is -0.463 e. The minimum atomic E-state index is -0.640. The summed E-state index contributed by atoms with van der Waals surface area (Å²) in [4.78, 5) is 24.7. The fourth-order valence-corrected chi connectivity index (χ4v) is 1.65. The van der Waals surface area contributed by atoms with Crippen molar-refractivity contribution in [2.45, 2.75) is 19.9 Å². The van der Waals surface area contributed by atoms with Crippen molar-refractivity contribution < 1.29 is 19.2 Å². The van der Waals surface area contributed by atoms with Crippen LogP contribution in [0.2, 0.25) is 0 Å². The highest BCUT2D eigenvalue weighted by atomic mass is 16.5. The number of likely N-dealkylation sites (N-methyl/N-ethyl adjacent to an activating group) is 1. The molecular weight excluding hydrogens is 250 g/mol. The summed E-state index contributed by atoms with van der Waals surface area (Å²) in [6.45, 7) is 3.64. The number of nitrogens with zero attached hydrogens (tertiary/aromatic N) is 1. The summed E-state index contributed by atoms with van der Waals surface area (Å²) in [5.41, 5.74) is 1.79. The molecule has 0 aliphatic rings. The maximum Gasteiger partial charge on any atom is 0.278 e. The number of aryl methyl sites for hydroxylation is 1. The molecule has 1 atom stereocenters. The predicted molar refractivity (Wildman–Crippen MR) is 67.8 cm³/mol. The summed E-state index contributed by atoms with van der Waals surface area (Å²) in [5, 5.41) is 11.3. The van der Waals surface area contributed by atoms with Gasteiger partial charge in [-0.3, -0.25) is 14.8 Å². The first kappa shape index (κ1) is 15.2. The highest BCUT2D eigenvalue weighted by molar-refractivity contribution is 5.94. The smallest absolute Gasteiger partial charge is 0.278 e. The molecule has 1 aromatic heterocycles. The highest BCUT2D eigenvalue weighted by Gasteiger charge is 2.19. The number of furan rings is 1. The lowest BCUT2D eigenvalue weighted by Crippen LogP contribution is -2.34. The van der Waals surface area contributed by atoms with Crippen LogP contribution in [0.15, 0.2) is 10.5 Å². The van der Waals surface area contributed by atoms with Crippen LogP contribution < -0.4 is 10.8 Å². The van der Waals surface area contributed by atoms with Gasteiger partial charge in [-0.2, -0.15) is 0 Å². The molecule has 7 heteroatoms. The molecule has 0 bridgehead atoms. The zero-order valence-electron chi connectivity index (χ0n) is 11.5. The second-order valence-corrected chi connectivity index (χ2v) is 4.59. The lowest BCUT2D eigenvalue weighted by atomic mass is 10.2. The molecule has 0 saturated carbocycles. The molecule has 0 saturated heterocycles. The Morgan fingerprint density at radius 2 is 2.11 bits per heavy atom. The highest BCUT2D eigenvalue weighted by Crippen LogP contribution is 2.20. The third-order valence-electron chi connectivity index (χ3n) is 2.55. The number of nitrogens with one attached hydrogen (secondary N) is 2. The first-order valence-corrected chi connectivity index (χ1v) is 5.84. The average Bonchev–Trinajstić information content (AvgIpc) is 2.69. The molecule has 7 nitrogen and oxygen atoms in total. The largest absolute Gasteiger partial charge is 0.463 e. The number of hydrogen-bond donors (Lipinski definition) is 3. The fraction of sp³-hybridized carbons (Fsp3) is 0.500. The van der Waals surface area contributed by atoms with Gasteiger partial charge in [0.2, 0.25) is 5.91 Å². The molecule has 1 rings (SSSR count). The zero-order chi connectivity index (χ0) is 14.6. The third kappa shape index (κ3) is 4.08. The molecule has 0 spiro atoms. The Bertz CT molecular complexity index is 468. The lowest BCUT2D eigenvalue weighted by Gasteiger charge is -2.14. The minimum absolute atomic E-state index is 0.139. The van der Waals surface area contributed by atoms with Crippen LogP contribution in [0.5, 0.6) is 0 Å². The second kappa shape index (κ2) is 6.35. The van der Waals surface area contributed by atoms with Crippen LogP contribution in [-0.2, 0) is 4.79 Å².